The van der Waals surface area contributed by atoms with Crippen LogP contribution >= 0.6 is 0 Å². The third kappa shape index (κ3) is 1.87. The highest BCUT2D eigenvalue weighted by molar-refractivity contribution is 5.04. The summed E-state index contributed by atoms with van der Waals surface area (Å²) >= 11 is 0. The number of aryl methyl sites for hydroxylation is 1. The standard InChI is InChI=1S/C12H20N4O/c1-15-7-3-5-10(15)12-13-11-6-2-4-9(8-17)16(11)14-12/h9-10,17H,2-8H2,1H3. The van der Waals surface area contributed by atoms with Gasteiger partial charge in [0.05, 0.1) is 18.7 Å². The van der Waals surface area contributed by atoms with Gasteiger partial charge in [-0.1, -0.05) is 0 Å². The lowest BCUT2D eigenvalue weighted by molar-refractivity contribution is 0.194. The number of fused-ring (bicyclic) bond motifs is 1. The van der Waals surface area contributed by atoms with Crippen LogP contribution in [0.2, 0.25) is 0 Å². The van der Waals surface area contributed by atoms with Crippen molar-refractivity contribution in [1.29, 1.82) is 0 Å². The quantitative estimate of drug-likeness (QED) is 0.829. The van der Waals surface area contributed by atoms with Crippen molar-refractivity contribution in [1.82, 2.24) is 19.7 Å². The molecule has 1 saturated heterocycles. The number of aliphatic hydroxyl groups is 1. The van der Waals surface area contributed by atoms with Crippen molar-refractivity contribution in [2.75, 3.05) is 20.2 Å². The van der Waals surface area contributed by atoms with Crippen LogP contribution in [0.5, 0.6) is 0 Å². The Balaban J connectivity index is 1.90. The van der Waals surface area contributed by atoms with Gasteiger partial charge in [-0.2, -0.15) is 5.10 Å². The predicted molar refractivity (Wildman–Crippen MR) is 63.7 cm³/mol. The summed E-state index contributed by atoms with van der Waals surface area (Å²) in [5.74, 6) is 2.02. The van der Waals surface area contributed by atoms with Crippen LogP contribution in [0, 0.1) is 0 Å². The first kappa shape index (κ1) is 11.2. The fraction of sp³-hybridized carbons (Fsp3) is 0.833. The Morgan fingerprint density at radius 1 is 1.35 bits per heavy atom. The maximum Gasteiger partial charge on any atom is 0.168 e. The highest BCUT2D eigenvalue weighted by atomic mass is 16.3. The zero-order valence-corrected chi connectivity index (χ0v) is 10.3. The smallest absolute Gasteiger partial charge is 0.168 e. The van der Waals surface area contributed by atoms with E-state index in [0.717, 1.165) is 43.9 Å². The Bertz CT molecular complexity index is 403. The molecule has 5 heteroatoms. The van der Waals surface area contributed by atoms with E-state index in [1.54, 1.807) is 0 Å². The molecule has 0 bridgehead atoms. The summed E-state index contributed by atoms with van der Waals surface area (Å²) in [6.45, 7) is 1.31. The van der Waals surface area contributed by atoms with Crippen LogP contribution in [0.3, 0.4) is 0 Å². The summed E-state index contributed by atoms with van der Waals surface area (Å²) in [7, 11) is 2.14. The second-order valence-electron chi connectivity index (χ2n) is 5.20. The van der Waals surface area contributed by atoms with Gasteiger partial charge in [0, 0.05) is 6.42 Å². The summed E-state index contributed by atoms with van der Waals surface area (Å²) < 4.78 is 1.96. The summed E-state index contributed by atoms with van der Waals surface area (Å²) in [5.41, 5.74) is 0. The van der Waals surface area contributed by atoms with Crippen LogP contribution in [0.4, 0.5) is 0 Å². The zero-order chi connectivity index (χ0) is 11.8. The van der Waals surface area contributed by atoms with Crippen molar-refractivity contribution >= 4 is 0 Å². The monoisotopic (exact) mass is 236 g/mol. The fourth-order valence-electron chi connectivity index (χ4n) is 3.00. The lowest BCUT2D eigenvalue weighted by Gasteiger charge is -2.21. The van der Waals surface area contributed by atoms with E-state index in [1.165, 1.54) is 6.42 Å². The second kappa shape index (κ2) is 4.38. The molecule has 1 fully saturated rings. The highest BCUT2D eigenvalue weighted by Crippen LogP contribution is 2.30. The van der Waals surface area contributed by atoms with Crippen LogP contribution < -0.4 is 0 Å². The number of aromatic nitrogens is 3. The van der Waals surface area contributed by atoms with Gasteiger partial charge in [0.15, 0.2) is 5.82 Å². The lowest BCUT2D eigenvalue weighted by Crippen LogP contribution is -2.22. The number of aliphatic hydroxyl groups excluding tert-OH is 1. The Labute approximate surface area is 101 Å². The molecular weight excluding hydrogens is 216 g/mol. The van der Waals surface area contributed by atoms with Crippen molar-refractivity contribution in [2.24, 2.45) is 0 Å². The first-order chi connectivity index (χ1) is 8.29. The van der Waals surface area contributed by atoms with Crippen molar-refractivity contribution in [3.05, 3.63) is 11.6 Å². The van der Waals surface area contributed by atoms with Crippen molar-refractivity contribution in [3.8, 4) is 0 Å². The molecule has 0 aromatic carbocycles. The van der Waals surface area contributed by atoms with E-state index in [9.17, 15) is 5.11 Å². The van der Waals surface area contributed by atoms with Gasteiger partial charge < -0.3 is 5.11 Å². The lowest BCUT2D eigenvalue weighted by atomic mass is 10.1. The number of hydrogen-bond donors (Lipinski definition) is 1. The van der Waals surface area contributed by atoms with Crippen LogP contribution in [-0.4, -0.2) is 45.0 Å². The maximum atomic E-state index is 9.37. The van der Waals surface area contributed by atoms with Crippen molar-refractivity contribution in [2.45, 2.75) is 44.2 Å². The highest BCUT2D eigenvalue weighted by Gasteiger charge is 2.29. The van der Waals surface area contributed by atoms with Gasteiger partial charge in [-0.05, 0) is 39.3 Å². The molecule has 94 valence electrons. The summed E-state index contributed by atoms with van der Waals surface area (Å²) in [5, 5.41) is 14.0. The normalized spacial score (nSPS) is 29.5. The zero-order valence-electron chi connectivity index (χ0n) is 10.3. The average molecular weight is 236 g/mol. The van der Waals surface area contributed by atoms with Crippen LogP contribution in [0.1, 0.15) is 49.4 Å². The summed E-state index contributed by atoms with van der Waals surface area (Å²) in [6, 6.07) is 0.527. The molecule has 2 aliphatic rings. The first-order valence-corrected chi connectivity index (χ1v) is 6.56. The van der Waals surface area contributed by atoms with Gasteiger partial charge in [0.25, 0.3) is 0 Å². The number of hydrogen-bond acceptors (Lipinski definition) is 4. The molecule has 0 spiro atoms. The molecule has 3 heterocycles. The minimum atomic E-state index is 0.145. The maximum absolute atomic E-state index is 9.37. The van der Waals surface area contributed by atoms with Crippen molar-refractivity contribution < 1.29 is 5.11 Å². The molecule has 0 saturated carbocycles. The van der Waals surface area contributed by atoms with Gasteiger partial charge in [-0.25, -0.2) is 9.67 Å². The number of rotatable bonds is 2. The van der Waals surface area contributed by atoms with Gasteiger partial charge in [-0.3, -0.25) is 4.90 Å². The van der Waals surface area contributed by atoms with Crippen LogP contribution in [0.25, 0.3) is 0 Å². The molecule has 2 aliphatic heterocycles. The van der Waals surface area contributed by atoms with Gasteiger partial charge in [0.2, 0.25) is 0 Å². The molecular formula is C12H20N4O. The minimum Gasteiger partial charge on any atom is -0.394 e. The molecule has 3 rings (SSSR count). The van der Waals surface area contributed by atoms with Gasteiger partial charge in [0.1, 0.15) is 5.82 Å². The Hall–Kier alpha value is -0.940. The predicted octanol–water partition coefficient (Wildman–Crippen LogP) is 0.914. The molecule has 0 amide bonds. The van der Waals surface area contributed by atoms with E-state index in [4.69, 9.17) is 0 Å². The van der Waals surface area contributed by atoms with E-state index in [0.29, 0.717) is 6.04 Å². The van der Waals surface area contributed by atoms with Crippen molar-refractivity contribution in [3.63, 3.8) is 0 Å². The Morgan fingerprint density at radius 3 is 2.94 bits per heavy atom. The molecule has 2 unspecified atom stereocenters. The number of nitrogens with zero attached hydrogens (tertiary/aromatic N) is 4. The molecule has 0 aliphatic carbocycles. The molecule has 5 nitrogen and oxygen atoms in total. The fourth-order valence-corrected chi connectivity index (χ4v) is 3.00. The third-order valence-corrected chi connectivity index (χ3v) is 4.03. The third-order valence-electron chi connectivity index (χ3n) is 4.03. The van der Waals surface area contributed by atoms with Gasteiger partial charge in [-0.15, -0.1) is 0 Å². The molecule has 1 N–H and O–H groups in total. The molecule has 17 heavy (non-hydrogen) atoms. The van der Waals surface area contributed by atoms with E-state index < -0.39 is 0 Å². The van der Waals surface area contributed by atoms with Crippen LogP contribution in [0.15, 0.2) is 0 Å². The van der Waals surface area contributed by atoms with E-state index in [-0.39, 0.29) is 12.6 Å². The number of likely N-dealkylation sites (tertiary alicyclic amines) is 1. The van der Waals surface area contributed by atoms with Gasteiger partial charge >= 0.3 is 0 Å². The molecule has 2 atom stereocenters. The Kier molecular flexibility index (Phi) is 2.88. The summed E-state index contributed by atoms with van der Waals surface area (Å²) in [6.07, 6.45) is 5.52. The molecule has 1 aromatic rings. The molecule has 1 aromatic heterocycles. The second-order valence-corrected chi connectivity index (χ2v) is 5.20. The van der Waals surface area contributed by atoms with E-state index >= 15 is 0 Å². The van der Waals surface area contributed by atoms with E-state index in [2.05, 4.69) is 22.0 Å². The topological polar surface area (TPSA) is 54.2 Å². The minimum absolute atomic E-state index is 0.145. The Morgan fingerprint density at radius 2 is 2.24 bits per heavy atom. The first-order valence-electron chi connectivity index (χ1n) is 6.56. The van der Waals surface area contributed by atoms with E-state index in [1.807, 2.05) is 4.68 Å². The average Bonchev–Trinajstić information content (AvgIpc) is 2.93. The molecule has 0 radical (unpaired) electrons. The largest absolute Gasteiger partial charge is 0.394 e. The SMILES string of the molecule is CN1CCCC1c1nc2n(n1)C(CO)CCC2. The summed E-state index contributed by atoms with van der Waals surface area (Å²) in [4.78, 5) is 7.01. The van der Waals surface area contributed by atoms with Crippen LogP contribution in [-0.2, 0) is 6.42 Å².